The first-order valence-corrected chi connectivity index (χ1v) is 10.3. The summed E-state index contributed by atoms with van der Waals surface area (Å²) >= 11 is 5.86. The third kappa shape index (κ3) is 6.92. The van der Waals surface area contributed by atoms with Gasteiger partial charge in [-0.05, 0) is 71.8 Å². The fraction of sp³-hybridized carbons (Fsp3) is 0.0385. The molecule has 6 nitrogen and oxygen atoms in total. The van der Waals surface area contributed by atoms with Crippen molar-refractivity contribution in [1.82, 2.24) is 0 Å². The average Bonchev–Trinajstić information content (AvgIpc) is 2.80. The Morgan fingerprint density at radius 3 is 1.55 bits per heavy atom. The summed E-state index contributed by atoms with van der Waals surface area (Å²) in [6.45, 7) is 0. The Hall–Kier alpha value is -4.16. The van der Waals surface area contributed by atoms with Gasteiger partial charge in [-0.3, -0.25) is 14.4 Å². The number of rotatable bonds is 8. The normalized spacial score (nSPS) is 11.2. The summed E-state index contributed by atoms with van der Waals surface area (Å²) in [4.78, 5) is 38.6. The number of ketones is 2. The van der Waals surface area contributed by atoms with Crippen LogP contribution in [0.3, 0.4) is 0 Å². The summed E-state index contributed by atoms with van der Waals surface area (Å²) in [5, 5.41) is 21.8. The summed E-state index contributed by atoms with van der Waals surface area (Å²) in [5.74, 6) is -3.63. The number of hydrogen-bond donors (Lipinski definition) is 3. The molecule has 3 N–H and O–H groups in total. The first-order valence-electron chi connectivity index (χ1n) is 9.90. The highest BCUT2D eigenvalue weighted by Gasteiger charge is 2.31. The predicted molar refractivity (Wildman–Crippen MR) is 128 cm³/mol. The first kappa shape index (κ1) is 23.5. The van der Waals surface area contributed by atoms with Crippen LogP contribution in [0, 0.1) is 5.92 Å². The predicted octanol–water partition coefficient (Wildman–Crippen LogP) is 4.87. The van der Waals surface area contributed by atoms with E-state index in [2.05, 4.69) is 5.32 Å². The third-order valence-corrected chi connectivity index (χ3v) is 4.86. The quantitative estimate of drug-likeness (QED) is 0.328. The Morgan fingerprint density at radius 1 is 0.697 bits per heavy atom. The Balaban J connectivity index is 1.83. The number of phenols is 2. The van der Waals surface area contributed by atoms with Gasteiger partial charge in [0.2, 0.25) is 5.91 Å². The number of halogens is 1. The highest BCUT2D eigenvalue weighted by Crippen LogP contribution is 2.17. The second-order valence-electron chi connectivity index (χ2n) is 7.08. The third-order valence-electron chi connectivity index (χ3n) is 4.61. The molecule has 3 rings (SSSR count). The van der Waals surface area contributed by atoms with E-state index in [4.69, 9.17) is 11.6 Å². The van der Waals surface area contributed by atoms with Crippen LogP contribution in [-0.2, 0) is 14.4 Å². The van der Waals surface area contributed by atoms with E-state index in [9.17, 15) is 24.6 Å². The molecule has 0 aromatic heterocycles. The van der Waals surface area contributed by atoms with E-state index in [1.54, 1.807) is 48.5 Å². The van der Waals surface area contributed by atoms with Gasteiger partial charge in [-0.2, -0.15) is 0 Å². The summed E-state index contributed by atoms with van der Waals surface area (Å²) in [6, 6.07) is 18.5. The van der Waals surface area contributed by atoms with Gasteiger partial charge in [0.1, 0.15) is 11.5 Å². The first-order chi connectivity index (χ1) is 15.8. The molecule has 0 heterocycles. The molecular weight excluding hydrogens is 442 g/mol. The van der Waals surface area contributed by atoms with E-state index in [0.29, 0.717) is 21.8 Å². The molecule has 0 saturated heterocycles. The maximum Gasteiger partial charge on any atom is 0.243 e. The number of nitrogens with one attached hydrogen (secondary N) is 1. The van der Waals surface area contributed by atoms with Gasteiger partial charge in [0, 0.05) is 10.7 Å². The minimum Gasteiger partial charge on any atom is -0.508 e. The summed E-state index contributed by atoms with van der Waals surface area (Å²) in [5.41, 5.74) is 1.62. The van der Waals surface area contributed by atoms with E-state index < -0.39 is 23.4 Å². The molecule has 33 heavy (non-hydrogen) atoms. The van der Waals surface area contributed by atoms with Crippen LogP contribution in [0.1, 0.15) is 11.1 Å². The lowest BCUT2D eigenvalue weighted by atomic mass is 9.95. The molecule has 0 aliphatic carbocycles. The molecule has 0 atom stereocenters. The van der Waals surface area contributed by atoms with E-state index in [1.807, 2.05) is 0 Å². The number of aromatic hydroxyl groups is 2. The fourth-order valence-corrected chi connectivity index (χ4v) is 2.99. The van der Waals surface area contributed by atoms with Gasteiger partial charge in [-0.25, -0.2) is 0 Å². The van der Waals surface area contributed by atoms with E-state index >= 15 is 0 Å². The van der Waals surface area contributed by atoms with Crippen molar-refractivity contribution in [3.05, 3.63) is 101 Å². The maximum atomic E-state index is 12.9. The van der Waals surface area contributed by atoms with Crippen molar-refractivity contribution in [2.24, 2.45) is 5.92 Å². The number of hydrogen-bond acceptors (Lipinski definition) is 5. The van der Waals surface area contributed by atoms with Crippen LogP contribution >= 0.6 is 11.6 Å². The van der Waals surface area contributed by atoms with Crippen LogP contribution in [-0.4, -0.2) is 27.7 Å². The van der Waals surface area contributed by atoms with Crippen molar-refractivity contribution in [1.29, 1.82) is 0 Å². The minimum absolute atomic E-state index is 0.0771. The molecule has 0 saturated carbocycles. The number of phenolic OH excluding ortho intramolecular Hbond substituents is 2. The van der Waals surface area contributed by atoms with Gasteiger partial charge >= 0.3 is 0 Å². The number of benzene rings is 3. The van der Waals surface area contributed by atoms with Crippen molar-refractivity contribution >= 4 is 46.9 Å². The molecule has 3 aromatic carbocycles. The second kappa shape index (κ2) is 10.9. The molecule has 0 fully saturated rings. The van der Waals surface area contributed by atoms with Gasteiger partial charge in [0.05, 0.1) is 0 Å². The highest BCUT2D eigenvalue weighted by atomic mass is 35.5. The molecule has 166 valence electrons. The molecule has 0 aliphatic heterocycles. The van der Waals surface area contributed by atoms with Crippen molar-refractivity contribution in [3.63, 3.8) is 0 Å². The minimum atomic E-state index is -1.61. The van der Waals surface area contributed by atoms with Crippen molar-refractivity contribution in [2.75, 3.05) is 5.32 Å². The molecule has 0 aliphatic rings. The Kier molecular flexibility index (Phi) is 7.78. The molecule has 1 amide bonds. The van der Waals surface area contributed by atoms with Gasteiger partial charge in [-0.15, -0.1) is 0 Å². The Bertz CT molecular complexity index is 1130. The number of anilines is 1. The smallest absolute Gasteiger partial charge is 0.243 e. The van der Waals surface area contributed by atoms with Gasteiger partial charge in [-0.1, -0.05) is 48.0 Å². The molecule has 0 spiro atoms. The van der Waals surface area contributed by atoms with E-state index in [1.165, 1.54) is 36.4 Å². The van der Waals surface area contributed by atoms with Gasteiger partial charge in [0.15, 0.2) is 17.5 Å². The van der Waals surface area contributed by atoms with Crippen LogP contribution in [0.2, 0.25) is 5.02 Å². The van der Waals surface area contributed by atoms with Crippen molar-refractivity contribution < 1.29 is 24.6 Å². The van der Waals surface area contributed by atoms with Crippen LogP contribution in [0.4, 0.5) is 5.69 Å². The second-order valence-corrected chi connectivity index (χ2v) is 7.52. The lowest BCUT2D eigenvalue weighted by Gasteiger charge is -2.12. The number of allylic oxidation sites excluding steroid dienone is 2. The van der Waals surface area contributed by atoms with Crippen LogP contribution in [0.25, 0.3) is 12.2 Å². The topological polar surface area (TPSA) is 104 Å². The van der Waals surface area contributed by atoms with Gasteiger partial charge in [0.25, 0.3) is 0 Å². The Morgan fingerprint density at radius 2 is 1.12 bits per heavy atom. The fourth-order valence-electron chi connectivity index (χ4n) is 2.87. The van der Waals surface area contributed by atoms with Crippen molar-refractivity contribution in [2.45, 2.75) is 0 Å². The largest absolute Gasteiger partial charge is 0.508 e. The molecule has 0 unspecified atom stereocenters. The SMILES string of the molecule is O=C(/C=C/c1ccc(O)cc1)C(C(=O)/C=C/c1ccc(O)cc1)C(=O)Nc1ccc(Cl)cc1. The highest BCUT2D eigenvalue weighted by molar-refractivity contribution is 6.31. The molecule has 3 aromatic rings. The molecule has 0 radical (unpaired) electrons. The summed E-state index contributed by atoms with van der Waals surface area (Å²) in [6.07, 6.45) is 5.23. The van der Waals surface area contributed by atoms with Gasteiger partial charge < -0.3 is 15.5 Å². The zero-order valence-electron chi connectivity index (χ0n) is 17.3. The van der Waals surface area contributed by atoms with E-state index in [-0.39, 0.29) is 11.5 Å². The number of carbonyl (C=O) groups is 3. The molecular formula is C26H20ClNO5. The molecule has 7 heteroatoms. The number of carbonyl (C=O) groups excluding carboxylic acids is 3. The lowest BCUT2D eigenvalue weighted by Crippen LogP contribution is -2.34. The van der Waals surface area contributed by atoms with Crippen LogP contribution in [0.15, 0.2) is 84.9 Å². The summed E-state index contributed by atoms with van der Waals surface area (Å²) < 4.78 is 0. The number of amides is 1. The van der Waals surface area contributed by atoms with Crippen LogP contribution in [0.5, 0.6) is 11.5 Å². The average molecular weight is 462 g/mol. The van der Waals surface area contributed by atoms with Crippen LogP contribution < -0.4 is 5.32 Å². The zero-order valence-corrected chi connectivity index (χ0v) is 18.1. The van der Waals surface area contributed by atoms with E-state index in [0.717, 1.165) is 12.2 Å². The molecule has 0 bridgehead atoms. The van der Waals surface area contributed by atoms with Crippen molar-refractivity contribution in [3.8, 4) is 11.5 Å². The monoisotopic (exact) mass is 461 g/mol. The lowest BCUT2D eigenvalue weighted by molar-refractivity contribution is -0.134. The maximum absolute atomic E-state index is 12.9. The summed E-state index contributed by atoms with van der Waals surface area (Å²) in [7, 11) is 0. The zero-order chi connectivity index (χ0) is 23.8. The Labute approximate surface area is 195 Å². The standard InChI is InChI=1S/C26H20ClNO5/c27-19-7-9-20(10-8-19)28-26(33)25(23(31)15-5-17-1-11-21(29)12-2-17)24(32)16-6-18-3-13-22(30)14-4-18/h1-16,25,29-30H,(H,28,33)/b15-5+,16-6+.